The van der Waals surface area contributed by atoms with Crippen molar-refractivity contribution in [1.82, 2.24) is 0 Å². The van der Waals surface area contributed by atoms with Gasteiger partial charge in [-0.3, -0.25) is 9.59 Å². The van der Waals surface area contributed by atoms with E-state index in [9.17, 15) is 14.7 Å². The number of carboxylic acids is 1. The molecule has 116 valence electrons. The lowest BCUT2D eigenvalue weighted by atomic mass is 9.83. The van der Waals surface area contributed by atoms with Crippen molar-refractivity contribution in [3.05, 3.63) is 54.6 Å². The minimum atomic E-state index is -0.915. The molecular weight excluding hydrogens is 292 g/mol. The minimum Gasteiger partial charge on any atom is -0.481 e. The first-order chi connectivity index (χ1) is 11.1. The molecule has 4 atom stereocenters. The van der Waals surface area contributed by atoms with Gasteiger partial charge in [0.15, 0.2) is 0 Å². The summed E-state index contributed by atoms with van der Waals surface area (Å²) < 4.78 is 5.61. The van der Waals surface area contributed by atoms with Crippen LogP contribution in [0.4, 0.5) is 0 Å². The number of allylic oxidation sites excluding steroid dienone is 2. The third-order valence-corrected chi connectivity index (χ3v) is 4.98. The number of carbonyl (C=O) groups excluding carboxylic acids is 1. The molecule has 2 bridgehead atoms. The van der Waals surface area contributed by atoms with Gasteiger partial charge in [0.25, 0.3) is 0 Å². The lowest BCUT2D eigenvalue weighted by Crippen LogP contribution is -2.35. The van der Waals surface area contributed by atoms with Crippen LogP contribution in [0.2, 0.25) is 0 Å². The van der Waals surface area contributed by atoms with Crippen molar-refractivity contribution in [3.63, 3.8) is 0 Å². The highest BCUT2D eigenvalue weighted by atomic mass is 16.5. The molecular formula is C19H16O4. The van der Waals surface area contributed by atoms with Crippen LogP contribution in [0.3, 0.4) is 0 Å². The lowest BCUT2D eigenvalue weighted by molar-refractivity contribution is -0.152. The van der Waals surface area contributed by atoms with Crippen LogP contribution in [-0.2, 0) is 9.59 Å². The van der Waals surface area contributed by atoms with Gasteiger partial charge >= 0.3 is 11.9 Å². The topological polar surface area (TPSA) is 63.6 Å². The molecule has 0 saturated heterocycles. The SMILES string of the molecule is O=C(O)C1C2C=CC(C2)C1C(=O)Oc1cccc2ccccc12. The molecule has 4 unspecified atom stereocenters. The second-order valence-corrected chi connectivity index (χ2v) is 6.24. The van der Waals surface area contributed by atoms with Crippen LogP contribution in [0.15, 0.2) is 54.6 Å². The van der Waals surface area contributed by atoms with E-state index >= 15 is 0 Å². The highest BCUT2D eigenvalue weighted by Crippen LogP contribution is 2.48. The molecule has 0 aromatic heterocycles. The first kappa shape index (κ1) is 14.0. The van der Waals surface area contributed by atoms with Gasteiger partial charge < -0.3 is 9.84 Å². The smallest absolute Gasteiger partial charge is 0.315 e. The predicted octanol–water partition coefficient (Wildman–Crippen LogP) is 3.27. The number of hydrogen-bond donors (Lipinski definition) is 1. The van der Waals surface area contributed by atoms with E-state index in [0.29, 0.717) is 5.75 Å². The fourth-order valence-corrected chi connectivity index (χ4v) is 3.94. The average molecular weight is 308 g/mol. The molecule has 2 aliphatic carbocycles. The number of aliphatic carboxylic acids is 1. The maximum atomic E-state index is 12.6. The molecule has 0 aliphatic heterocycles. The Morgan fingerprint density at radius 2 is 1.65 bits per heavy atom. The Bertz CT molecular complexity index is 818. The van der Waals surface area contributed by atoms with Crippen molar-refractivity contribution in [3.8, 4) is 5.75 Å². The quantitative estimate of drug-likeness (QED) is 0.537. The summed E-state index contributed by atoms with van der Waals surface area (Å²) in [6.07, 6.45) is 4.61. The van der Waals surface area contributed by atoms with Gasteiger partial charge in [0, 0.05) is 5.39 Å². The monoisotopic (exact) mass is 308 g/mol. The summed E-state index contributed by atoms with van der Waals surface area (Å²) in [5.74, 6) is -2.21. The number of ether oxygens (including phenoxy) is 1. The van der Waals surface area contributed by atoms with Gasteiger partial charge in [0.05, 0.1) is 11.8 Å². The standard InChI is InChI=1S/C19H16O4/c20-18(21)16-12-8-9-13(10-12)17(16)19(22)23-15-7-3-5-11-4-1-2-6-14(11)15/h1-9,12-13,16-17H,10H2,(H,20,21). The Morgan fingerprint density at radius 3 is 2.43 bits per heavy atom. The molecule has 1 fully saturated rings. The fraction of sp³-hybridized carbons (Fsp3) is 0.263. The summed E-state index contributed by atoms with van der Waals surface area (Å²) in [7, 11) is 0. The summed E-state index contributed by atoms with van der Waals surface area (Å²) in [6.45, 7) is 0. The molecule has 1 saturated carbocycles. The fourth-order valence-electron chi connectivity index (χ4n) is 3.94. The number of esters is 1. The van der Waals surface area contributed by atoms with E-state index < -0.39 is 23.8 Å². The lowest BCUT2D eigenvalue weighted by Gasteiger charge is -2.23. The molecule has 0 heterocycles. The van der Waals surface area contributed by atoms with Gasteiger partial charge in [0.2, 0.25) is 0 Å². The normalized spacial score (nSPS) is 28.2. The van der Waals surface area contributed by atoms with E-state index in [0.717, 1.165) is 17.2 Å². The second-order valence-electron chi connectivity index (χ2n) is 6.24. The second kappa shape index (κ2) is 5.23. The van der Waals surface area contributed by atoms with Gasteiger partial charge in [-0.2, -0.15) is 0 Å². The summed E-state index contributed by atoms with van der Waals surface area (Å²) in [5.41, 5.74) is 0. The average Bonchev–Trinajstić information content (AvgIpc) is 3.16. The van der Waals surface area contributed by atoms with Crippen molar-refractivity contribution in [2.45, 2.75) is 6.42 Å². The number of carboxylic acid groups (broad SMARTS) is 1. The Morgan fingerprint density at radius 1 is 0.957 bits per heavy atom. The van der Waals surface area contributed by atoms with E-state index in [1.165, 1.54) is 0 Å². The van der Waals surface area contributed by atoms with E-state index in [1.807, 2.05) is 48.6 Å². The highest BCUT2D eigenvalue weighted by molar-refractivity contribution is 5.92. The third-order valence-electron chi connectivity index (χ3n) is 4.98. The molecule has 4 nitrogen and oxygen atoms in total. The zero-order chi connectivity index (χ0) is 16.0. The van der Waals surface area contributed by atoms with Crippen LogP contribution in [0, 0.1) is 23.7 Å². The third kappa shape index (κ3) is 2.22. The molecule has 0 amide bonds. The van der Waals surface area contributed by atoms with Crippen LogP contribution in [0.25, 0.3) is 10.8 Å². The molecule has 4 heteroatoms. The maximum absolute atomic E-state index is 12.6. The van der Waals surface area contributed by atoms with Gasteiger partial charge in [-0.15, -0.1) is 0 Å². The molecule has 2 aliphatic rings. The van der Waals surface area contributed by atoms with Crippen LogP contribution < -0.4 is 4.74 Å². The van der Waals surface area contributed by atoms with Crippen LogP contribution >= 0.6 is 0 Å². The van der Waals surface area contributed by atoms with Crippen molar-refractivity contribution in [2.75, 3.05) is 0 Å². The Kier molecular flexibility index (Phi) is 3.18. The van der Waals surface area contributed by atoms with Crippen LogP contribution in [0.5, 0.6) is 5.75 Å². The zero-order valence-electron chi connectivity index (χ0n) is 12.4. The van der Waals surface area contributed by atoms with E-state index in [-0.39, 0.29) is 11.8 Å². The molecule has 2 aromatic rings. The summed E-state index contributed by atoms with van der Waals surface area (Å²) in [4.78, 5) is 24.2. The molecule has 23 heavy (non-hydrogen) atoms. The van der Waals surface area contributed by atoms with Gasteiger partial charge in [-0.05, 0) is 29.7 Å². The molecule has 4 rings (SSSR count). The Hall–Kier alpha value is -2.62. The van der Waals surface area contributed by atoms with Crippen LogP contribution in [0.1, 0.15) is 6.42 Å². The minimum absolute atomic E-state index is 0.0245. The first-order valence-electron chi connectivity index (χ1n) is 7.76. The number of rotatable bonds is 3. The molecule has 1 N–H and O–H groups in total. The summed E-state index contributed by atoms with van der Waals surface area (Å²) >= 11 is 0. The van der Waals surface area contributed by atoms with Gasteiger partial charge in [0.1, 0.15) is 5.75 Å². The Balaban J connectivity index is 1.65. The number of hydrogen-bond acceptors (Lipinski definition) is 3. The Labute approximate surface area is 133 Å². The van der Waals surface area contributed by atoms with Crippen molar-refractivity contribution >= 4 is 22.7 Å². The predicted molar refractivity (Wildman–Crippen MR) is 84.9 cm³/mol. The first-order valence-corrected chi connectivity index (χ1v) is 7.76. The van der Waals surface area contributed by atoms with Gasteiger partial charge in [-0.1, -0.05) is 48.6 Å². The largest absolute Gasteiger partial charge is 0.481 e. The van der Waals surface area contributed by atoms with Crippen molar-refractivity contribution < 1.29 is 19.4 Å². The van der Waals surface area contributed by atoms with Crippen molar-refractivity contribution in [2.24, 2.45) is 23.7 Å². The zero-order valence-corrected chi connectivity index (χ0v) is 12.4. The number of carbonyl (C=O) groups is 2. The van der Waals surface area contributed by atoms with E-state index in [4.69, 9.17) is 4.74 Å². The summed E-state index contributed by atoms with van der Waals surface area (Å²) in [5, 5.41) is 11.3. The summed E-state index contributed by atoms with van der Waals surface area (Å²) in [6, 6.07) is 13.2. The molecule has 0 spiro atoms. The molecule has 0 radical (unpaired) electrons. The van der Waals surface area contributed by atoms with E-state index in [2.05, 4.69) is 0 Å². The van der Waals surface area contributed by atoms with Crippen LogP contribution in [-0.4, -0.2) is 17.0 Å². The number of benzene rings is 2. The molecule has 2 aromatic carbocycles. The highest BCUT2D eigenvalue weighted by Gasteiger charge is 2.52. The van der Waals surface area contributed by atoms with E-state index in [1.54, 1.807) is 6.07 Å². The van der Waals surface area contributed by atoms with Gasteiger partial charge in [-0.25, -0.2) is 0 Å². The number of fused-ring (bicyclic) bond motifs is 3. The van der Waals surface area contributed by atoms with Crippen molar-refractivity contribution in [1.29, 1.82) is 0 Å². The maximum Gasteiger partial charge on any atom is 0.315 e.